The van der Waals surface area contributed by atoms with Gasteiger partial charge in [0.25, 0.3) is 0 Å². The molecule has 0 fully saturated rings. The number of rotatable bonds is 7. The summed E-state index contributed by atoms with van der Waals surface area (Å²) in [5, 5.41) is 6.23. The molecule has 8 nitrogen and oxygen atoms in total. The van der Waals surface area contributed by atoms with Gasteiger partial charge in [-0.25, -0.2) is 4.98 Å². The van der Waals surface area contributed by atoms with Gasteiger partial charge in [0, 0.05) is 68.2 Å². The Morgan fingerprint density at radius 3 is 2.45 bits per heavy atom. The largest absolute Gasteiger partial charge is 0.497 e. The van der Waals surface area contributed by atoms with Crippen LogP contribution in [0.5, 0.6) is 11.5 Å². The lowest BCUT2D eigenvalue weighted by molar-refractivity contribution is 0.380. The molecule has 162 valence electrons. The van der Waals surface area contributed by atoms with E-state index in [0.29, 0.717) is 6.54 Å². The first-order valence-corrected chi connectivity index (χ1v) is 10.3. The monoisotopic (exact) mass is 420 g/mol. The number of aromatic nitrogens is 2. The fourth-order valence-electron chi connectivity index (χ4n) is 3.78. The predicted octanol–water partition coefficient (Wildman–Crippen LogP) is 3.15. The Bertz CT molecular complexity index is 1080. The Labute approximate surface area is 182 Å². The second-order valence-corrected chi connectivity index (χ2v) is 7.70. The SMILES string of the molecule is COc1cc(OC)cc(N(c2ccc3ncc(C4C=NN(C)C4)nc3c2)[C@@H](C)CN)c1. The number of ether oxygens (including phenoxy) is 2. The number of benzene rings is 2. The van der Waals surface area contributed by atoms with Crippen LogP contribution < -0.4 is 20.1 Å². The van der Waals surface area contributed by atoms with Gasteiger partial charge in [0.2, 0.25) is 0 Å². The van der Waals surface area contributed by atoms with E-state index < -0.39 is 0 Å². The van der Waals surface area contributed by atoms with Gasteiger partial charge < -0.3 is 20.1 Å². The molecule has 2 aromatic carbocycles. The fraction of sp³-hybridized carbons (Fsp3) is 0.348. The molecule has 0 aliphatic carbocycles. The van der Waals surface area contributed by atoms with E-state index in [-0.39, 0.29) is 12.0 Å². The molecule has 0 spiro atoms. The third kappa shape index (κ3) is 4.25. The average molecular weight is 421 g/mol. The number of fused-ring (bicyclic) bond motifs is 1. The summed E-state index contributed by atoms with van der Waals surface area (Å²) in [7, 11) is 5.25. The fourth-order valence-corrected chi connectivity index (χ4v) is 3.78. The highest BCUT2D eigenvalue weighted by atomic mass is 16.5. The second kappa shape index (κ2) is 8.77. The van der Waals surface area contributed by atoms with Crippen LogP contribution in [-0.4, -0.2) is 61.6 Å². The predicted molar refractivity (Wildman–Crippen MR) is 124 cm³/mol. The molecule has 31 heavy (non-hydrogen) atoms. The molecule has 1 aromatic heterocycles. The van der Waals surface area contributed by atoms with Crippen LogP contribution in [0.4, 0.5) is 11.4 Å². The van der Waals surface area contributed by atoms with E-state index in [2.05, 4.69) is 28.0 Å². The van der Waals surface area contributed by atoms with E-state index in [4.69, 9.17) is 20.2 Å². The highest BCUT2D eigenvalue weighted by Gasteiger charge is 2.21. The van der Waals surface area contributed by atoms with Crippen molar-refractivity contribution in [3.63, 3.8) is 0 Å². The summed E-state index contributed by atoms with van der Waals surface area (Å²) in [6.07, 6.45) is 3.76. The van der Waals surface area contributed by atoms with Crippen molar-refractivity contribution in [2.75, 3.05) is 39.3 Å². The van der Waals surface area contributed by atoms with Gasteiger partial charge >= 0.3 is 0 Å². The van der Waals surface area contributed by atoms with Crippen molar-refractivity contribution >= 4 is 28.6 Å². The lowest BCUT2D eigenvalue weighted by Gasteiger charge is -2.31. The van der Waals surface area contributed by atoms with Crippen molar-refractivity contribution in [2.24, 2.45) is 10.8 Å². The van der Waals surface area contributed by atoms with Crippen molar-refractivity contribution in [3.8, 4) is 11.5 Å². The highest BCUT2D eigenvalue weighted by Crippen LogP contribution is 2.35. The maximum atomic E-state index is 6.07. The first kappa shape index (κ1) is 20.9. The van der Waals surface area contributed by atoms with Crippen molar-refractivity contribution in [2.45, 2.75) is 18.9 Å². The van der Waals surface area contributed by atoms with Crippen LogP contribution in [0, 0.1) is 0 Å². The summed E-state index contributed by atoms with van der Waals surface area (Å²) in [5.74, 6) is 1.58. The van der Waals surface area contributed by atoms with Gasteiger partial charge in [0.05, 0.1) is 36.9 Å². The van der Waals surface area contributed by atoms with Gasteiger partial charge in [0.15, 0.2) is 0 Å². The van der Waals surface area contributed by atoms with E-state index in [1.165, 1.54) is 0 Å². The minimum absolute atomic E-state index is 0.0426. The molecule has 1 aliphatic rings. The number of likely N-dealkylation sites (N-methyl/N-ethyl adjacent to an activating group) is 1. The molecule has 3 aromatic rings. The van der Waals surface area contributed by atoms with Crippen LogP contribution in [-0.2, 0) is 0 Å². The Morgan fingerprint density at radius 2 is 1.84 bits per heavy atom. The Hall–Kier alpha value is -3.39. The Kier molecular flexibility index (Phi) is 5.90. The first-order valence-electron chi connectivity index (χ1n) is 10.3. The van der Waals surface area contributed by atoms with Crippen LogP contribution in [0.1, 0.15) is 18.5 Å². The van der Waals surface area contributed by atoms with Crippen LogP contribution in [0.15, 0.2) is 47.7 Å². The highest BCUT2D eigenvalue weighted by molar-refractivity contribution is 5.82. The summed E-state index contributed by atoms with van der Waals surface area (Å²) < 4.78 is 10.9. The number of anilines is 2. The number of methoxy groups -OCH3 is 2. The van der Waals surface area contributed by atoms with Crippen molar-refractivity contribution in [1.29, 1.82) is 0 Å². The number of hydrogen-bond donors (Lipinski definition) is 1. The van der Waals surface area contributed by atoms with E-state index in [1.54, 1.807) is 14.2 Å². The normalized spacial score (nSPS) is 16.5. The third-order valence-corrected chi connectivity index (χ3v) is 5.50. The summed E-state index contributed by atoms with van der Waals surface area (Å²) >= 11 is 0. The Morgan fingerprint density at radius 1 is 1.10 bits per heavy atom. The Balaban J connectivity index is 1.78. The number of hydrazone groups is 1. The molecule has 0 radical (unpaired) electrons. The van der Waals surface area contributed by atoms with Gasteiger partial charge in [-0.05, 0) is 25.1 Å². The summed E-state index contributed by atoms with van der Waals surface area (Å²) in [4.78, 5) is 11.7. The minimum Gasteiger partial charge on any atom is -0.497 e. The molecule has 1 aliphatic heterocycles. The van der Waals surface area contributed by atoms with Crippen molar-refractivity contribution in [1.82, 2.24) is 15.0 Å². The summed E-state index contributed by atoms with van der Waals surface area (Å²) in [6, 6.07) is 11.9. The topological polar surface area (TPSA) is 89.1 Å². The molecular formula is C23H28N6O2. The molecule has 4 rings (SSSR count). The molecule has 0 bridgehead atoms. The molecule has 2 atom stereocenters. The van der Waals surface area contributed by atoms with Gasteiger partial charge in [-0.2, -0.15) is 5.10 Å². The number of nitrogens with two attached hydrogens (primary N) is 1. The van der Waals surface area contributed by atoms with E-state index in [1.807, 2.05) is 54.8 Å². The summed E-state index contributed by atoms with van der Waals surface area (Å²) in [6.45, 7) is 3.37. The standard InChI is InChI=1S/C23H28N6O2/c1-15(11-24)29(18-7-19(30-3)10-20(8-18)31-4)17-5-6-21-22(9-17)27-23(13-25-21)16-12-26-28(2)14-16/h5-10,12-13,15-16H,11,14,24H2,1-4H3/t15-,16?/m0/s1. The van der Waals surface area contributed by atoms with Gasteiger partial charge in [-0.15, -0.1) is 0 Å². The number of nitrogens with zero attached hydrogens (tertiary/aromatic N) is 5. The molecule has 0 saturated heterocycles. The lowest BCUT2D eigenvalue weighted by Crippen LogP contribution is -2.34. The zero-order valence-electron chi connectivity index (χ0n) is 18.3. The first-order chi connectivity index (χ1) is 15.0. The number of hydrogen-bond acceptors (Lipinski definition) is 8. The van der Waals surface area contributed by atoms with Crippen LogP contribution in [0.2, 0.25) is 0 Å². The van der Waals surface area contributed by atoms with Crippen molar-refractivity contribution in [3.05, 3.63) is 48.3 Å². The van der Waals surface area contributed by atoms with Crippen LogP contribution >= 0.6 is 0 Å². The van der Waals surface area contributed by atoms with E-state index in [9.17, 15) is 0 Å². The molecule has 0 saturated carbocycles. The molecule has 2 N–H and O–H groups in total. The average Bonchev–Trinajstić information content (AvgIpc) is 3.24. The van der Waals surface area contributed by atoms with Crippen molar-refractivity contribution < 1.29 is 9.47 Å². The maximum absolute atomic E-state index is 6.07. The molecular weight excluding hydrogens is 392 g/mol. The quantitative estimate of drug-likeness (QED) is 0.628. The van der Waals surface area contributed by atoms with E-state index in [0.717, 1.165) is 46.1 Å². The molecule has 8 heteroatoms. The summed E-state index contributed by atoms with van der Waals surface area (Å²) in [5.41, 5.74) is 10.6. The lowest BCUT2D eigenvalue weighted by atomic mass is 10.1. The van der Waals surface area contributed by atoms with Crippen LogP contribution in [0.25, 0.3) is 11.0 Å². The third-order valence-electron chi connectivity index (χ3n) is 5.50. The zero-order valence-corrected chi connectivity index (χ0v) is 18.3. The minimum atomic E-state index is 0.0426. The van der Waals surface area contributed by atoms with Gasteiger partial charge in [-0.1, -0.05) is 0 Å². The van der Waals surface area contributed by atoms with Crippen LogP contribution in [0.3, 0.4) is 0 Å². The zero-order chi connectivity index (χ0) is 22.0. The molecule has 0 amide bonds. The smallest absolute Gasteiger partial charge is 0.124 e. The maximum Gasteiger partial charge on any atom is 0.124 e. The molecule has 2 heterocycles. The molecule has 1 unspecified atom stereocenters. The van der Waals surface area contributed by atoms with Gasteiger partial charge in [-0.3, -0.25) is 9.99 Å². The van der Waals surface area contributed by atoms with Gasteiger partial charge in [0.1, 0.15) is 11.5 Å². The second-order valence-electron chi connectivity index (χ2n) is 7.70. The van der Waals surface area contributed by atoms with E-state index >= 15 is 0 Å².